The summed E-state index contributed by atoms with van der Waals surface area (Å²) in [5, 5.41) is 5.64. The first kappa shape index (κ1) is 22.3. The summed E-state index contributed by atoms with van der Waals surface area (Å²) in [6.45, 7) is 1.80. The van der Waals surface area contributed by atoms with Gasteiger partial charge in [-0.15, -0.1) is 0 Å². The normalized spacial score (nSPS) is 10.9. The number of carbonyl (C=O) groups is 2. The van der Waals surface area contributed by atoms with E-state index in [0.29, 0.717) is 17.8 Å². The third-order valence-electron chi connectivity index (χ3n) is 4.28. The van der Waals surface area contributed by atoms with Gasteiger partial charge in [0.25, 0.3) is 15.9 Å². The van der Waals surface area contributed by atoms with E-state index in [0.717, 1.165) is 5.56 Å². The van der Waals surface area contributed by atoms with Gasteiger partial charge in [-0.1, -0.05) is 41.9 Å². The number of para-hydroxylation sites is 1. The highest BCUT2D eigenvalue weighted by Crippen LogP contribution is 2.25. The monoisotopic (exact) mass is 457 g/mol. The van der Waals surface area contributed by atoms with Gasteiger partial charge in [0.05, 0.1) is 15.6 Å². The molecule has 0 radical (unpaired) electrons. The summed E-state index contributed by atoms with van der Waals surface area (Å²) in [4.78, 5) is 23.5. The van der Waals surface area contributed by atoms with Gasteiger partial charge in [0.1, 0.15) is 0 Å². The average molecular weight is 458 g/mol. The number of sulfonamides is 1. The molecule has 160 valence electrons. The lowest BCUT2D eigenvalue weighted by Gasteiger charge is -2.11. The van der Waals surface area contributed by atoms with Crippen molar-refractivity contribution in [3.63, 3.8) is 0 Å². The number of anilines is 2. The second-order valence-corrected chi connectivity index (χ2v) is 8.76. The standard InChI is InChI=1S/C22H20ClN3O4S/c1-15(27)24-14-16-9-11-17(12-10-16)22(28)25-18-5-4-6-19(13-18)31(29,30)26-21-8-3-2-7-20(21)23/h2-13,26H,14H2,1H3,(H,24,27)(H,25,28). The first-order valence-electron chi connectivity index (χ1n) is 9.27. The number of nitrogens with one attached hydrogen (secondary N) is 3. The van der Waals surface area contributed by atoms with E-state index in [1.54, 1.807) is 54.6 Å². The Kier molecular flexibility index (Phi) is 6.94. The fraction of sp³-hybridized carbons (Fsp3) is 0.0909. The molecule has 3 aromatic carbocycles. The number of hydrogen-bond donors (Lipinski definition) is 3. The Morgan fingerprint density at radius 2 is 1.65 bits per heavy atom. The van der Waals surface area contributed by atoms with Crippen molar-refractivity contribution in [3.05, 3.63) is 88.9 Å². The highest BCUT2D eigenvalue weighted by atomic mass is 35.5. The molecule has 0 fully saturated rings. The molecule has 0 spiro atoms. The summed E-state index contributed by atoms with van der Waals surface area (Å²) in [5.74, 6) is -0.527. The molecule has 3 aromatic rings. The Morgan fingerprint density at radius 1 is 0.935 bits per heavy atom. The summed E-state index contributed by atoms with van der Waals surface area (Å²) in [5.41, 5.74) is 1.84. The highest BCUT2D eigenvalue weighted by molar-refractivity contribution is 7.92. The molecule has 0 aromatic heterocycles. The summed E-state index contributed by atoms with van der Waals surface area (Å²) >= 11 is 6.03. The number of hydrogen-bond acceptors (Lipinski definition) is 4. The second kappa shape index (κ2) is 9.63. The molecular weight excluding hydrogens is 438 g/mol. The molecule has 0 bridgehead atoms. The molecule has 0 aliphatic heterocycles. The Balaban J connectivity index is 1.72. The topological polar surface area (TPSA) is 104 Å². The van der Waals surface area contributed by atoms with Crippen molar-refractivity contribution in [2.24, 2.45) is 0 Å². The summed E-state index contributed by atoms with van der Waals surface area (Å²) < 4.78 is 27.8. The van der Waals surface area contributed by atoms with Crippen molar-refractivity contribution in [2.45, 2.75) is 18.4 Å². The van der Waals surface area contributed by atoms with Gasteiger partial charge >= 0.3 is 0 Å². The fourth-order valence-electron chi connectivity index (χ4n) is 2.69. The number of benzene rings is 3. The number of amides is 2. The summed E-state index contributed by atoms with van der Waals surface area (Å²) in [7, 11) is -3.90. The lowest BCUT2D eigenvalue weighted by Crippen LogP contribution is -2.19. The van der Waals surface area contributed by atoms with E-state index in [-0.39, 0.29) is 27.4 Å². The van der Waals surface area contributed by atoms with Crippen LogP contribution in [0.5, 0.6) is 0 Å². The van der Waals surface area contributed by atoms with Gasteiger partial charge < -0.3 is 10.6 Å². The molecule has 0 unspecified atom stereocenters. The predicted molar refractivity (Wildman–Crippen MR) is 121 cm³/mol. The van der Waals surface area contributed by atoms with Crippen LogP contribution in [0.25, 0.3) is 0 Å². The third-order valence-corrected chi connectivity index (χ3v) is 5.97. The number of halogens is 1. The van der Waals surface area contributed by atoms with E-state index < -0.39 is 10.0 Å². The van der Waals surface area contributed by atoms with Crippen LogP contribution in [0, 0.1) is 0 Å². The molecule has 0 saturated heterocycles. The molecule has 0 heterocycles. The molecule has 3 N–H and O–H groups in total. The third kappa shape index (κ3) is 6.07. The van der Waals surface area contributed by atoms with Gasteiger partial charge in [0.2, 0.25) is 5.91 Å². The zero-order chi connectivity index (χ0) is 22.4. The number of rotatable bonds is 7. The molecule has 2 amide bonds. The van der Waals surface area contributed by atoms with Crippen molar-refractivity contribution in [3.8, 4) is 0 Å². The average Bonchev–Trinajstić information content (AvgIpc) is 2.74. The van der Waals surface area contributed by atoms with E-state index in [1.807, 2.05) is 0 Å². The molecular formula is C22H20ClN3O4S. The molecule has 0 aliphatic carbocycles. The van der Waals surface area contributed by atoms with Gasteiger partial charge in [-0.2, -0.15) is 0 Å². The van der Waals surface area contributed by atoms with Crippen molar-refractivity contribution in [1.29, 1.82) is 0 Å². The summed E-state index contributed by atoms with van der Waals surface area (Å²) in [6, 6.07) is 19.2. The van der Waals surface area contributed by atoms with E-state index in [2.05, 4.69) is 15.4 Å². The van der Waals surface area contributed by atoms with Crippen LogP contribution < -0.4 is 15.4 Å². The fourth-order valence-corrected chi connectivity index (χ4v) is 4.06. The Morgan fingerprint density at radius 3 is 2.32 bits per heavy atom. The van der Waals surface area contributed by atoms with Crippen LogP contribution in [-0.4, -0.2) is 20.2 Å². The molecule has 7 nitrogen and oxygen atoms in total. The first-order chi connectivity index (χ1) is 14.7. The predicted octanol–water partition coefficient (Wildman–Crippen LogP) is 4.03. The lowest BCUT2D eigenvalue weighted by molar-refractivity contribution is -0.119. The van der Waals surface area contributed by atoms with Gasteiger partial charge in [0, 0.05) is 24.7 Å². The van der Waals surface area contributed by atoms with E-state index >= 15 is 0 Å². The molecule has 0 atom stereocenters. The maximum Gasteiger partial charge on any atom is 0.262 e. The Hall–Kier alpha value is -3.36. The van der Waals surface area contributed by atoms with Gasteiger partial charge in [-0.25, -0.2) is 8.42 Å². The summed E-state index contributed by atoms with van der Waals surface area (Å²) in [6.07, 6.45) is 0. The Bertz CT molecular complexity index is 1210. The van der Waals surface area contributed by atoms with Crippen LogP contribution in [0.4, 0.5) is 11.4 Å². The van der Waals surface area contributed by atoms with Gasteiger partial charge in [-0.3, -0.25) is 14.3 Å². The first-order valence-corrected chi connectivity index (χ1v) is 11.1. The smallest absolute Gasteiger partial charge is 0.262 e. The minimum absolute atomic E-state index is 0.0177. The van der Waals surface area contributed by atoms with E-state index in [1.165, 1.54) is 25.1 Å². The lowest BCUT2D eigenvalue weighted by atomic mass is 10.1. The van der Waals surface area contributed by atoms with Gasteiger partial charge in [-0.05, 0) is 48.0 Å². The van der Waals surface area contributed by atoms with Gasteiger partial charge in [0.15, 0.2) is 0 Å². The number of carbonyl (C=O) groups excluding carboxylic acids is 2. The molecule has 3 rings (SSSR count). The maximum atomic E-state index is 12.7. The molecule has 9 heteroatoms. The van der Waals surface area contributed by atoms with E-state index in [4.69, 9.17) is 11.6 Å². The van der Waals surface area contributed by atoms with Crippen molar-refractivity contribution in [1.82, 2.24) is 5.32 Å². The quantitative estimate of drug-likeness (QED) is 0.498. The zero-order valence-corrected chi connectivity index (χ0v) is 18.1. The van der Waals surface area contributed by atoms with Crippen LogP contribution in [-0.2, 0) is 21.4 Å². The SMILES string of the molecule is CC(=O)NCc1ccc(C(=O)Nc2cccc(S(=O)(=O)Nc3ccccc3Cl)c2)cc1. The highest BCUT2D eigenvalue weighted by Gasteiger charge is 2.17. The second-order valence-electron chi connectivity index (χ2n) is 6.67. The minimum Gasteiger partial charge on any atom is -0.352 e. The Labute approximate surface area is 185 Å². The van der Waals surface area contributed by atoms with Crippen molar-refractivity contribution in [2.75, 3.05) is 10.0 Å². The van der Waals surface area contributed by atoms with E-state index in [9.17, 15) is 18.0 Å². The van der Waals surface area contributed by atoms with Crippen molar-refractivity contribution >= 4 is 44.8 Å². The van der Waals surface area contributed by atoms with Crippen molar-refractivity contribution < 1.29 is 18.0 Å². The van der Waals surface area contributed by atoms with Crippen LogP contribution in [0.1, 0.15) is 22.8 Å². The minimum atomic E-state index is -3.90. The van der Waals surface area contributed by atoms with Crippen LogP contribution in [0.15, 0.2) is 77.7 Å². The molecule has 0 saturated carbocycles. The van der Waals surface area contributed by atoms with Crippen LogP contribution in [0.3, 0.4) is 0 Å². The maximum absolute atomic E-state index is 12.7. The van der Waals surface area contributed by atoms with Crippen LogP contribution >= 0.6 is 11.6 Å². The van der Waals surface area contributed by atoms with Crippen LogP contribution in [0.2, 0.25) is 5.02 Å². The molecule has 0 aliphatic rings. The zero-order valence-electron chi connectivity index (χ0n) is 16.6. The molecule has 31 heavy (non-hydrogen) atoms. The largest absolute Gasteiger partial charge is 0.352 e.